The Morgan fingerprint density at radius 2 is 2.45 bits per heavy atom. The highest BCUT2D eigenvalue weighted by molar-refractivity contribution is 6.17. The number of hydrogen-bond acceptors (Lipinski definition) is 2. The van der Waals surface area contributed by atoms with Crippen LogP contribution in [-0.4, -0.2) is 11.6 Å². The van der Waals surface area contributed by atoms with E-state index < -0.39 is 0 Å². The zero-order chi connectivity index (χ0) is 8.10. The molecule has 1 aromatic rings. The topological polar surface area (TPSA) is 22.1 Å². The second-order valence-electron chi connectivity index (χ2n) is 2.07. The van der Waals surface area contributed by atoms with Crippen LogP contribution in [0.2, 0.25) is 0 Å². The maximum absolute atomic E-state index is 5.62. The molecule has 1 aromatic heterocycles. The molecule has 0 spiro atoms. The van der Waals surface area contributed by atoms with Crippen LogP contribution in [0.15, 0.2) is 18.3 Å². The van der Waals surface area contributed by atoms with Gasteiger partial charge in [-0.15, -0.1) is 11.6 Å². The smallest absolute Gasteiger partial charge is 0.213 e. The Morgan fingerprint density at radius 3 is 3.09 bits per heavy atom. The number of nitrogens with zero attached hydrogens (tertiary/aromatic N) is 1. The summed E-state index contributed by atoms with van der Waals surface area (Å²) in [5, 5.41) is 0. The van der Waals surface area contributed by atoms with Crippen LogP contribution in [0, 0.1) is 0 Å². The van der Waals surface area contributed by atoms with Crippen LogP contribution in [-0.2, 0) is 5.88 Å². The first-order valence-electron chi connectivity index (χ1n) is 3.50. The van der Waals surface area contributed by atoms with Crippen molar-refractivity contribution in [3.05, 3.63) is 23.9 Å². The van der Waals surface area contributed by atoms with Crippen LogP contribution in [0.5, 0.6) is 5.88 Å². The molecule has 1 rings (SSSR count). The van der Waals surface area contributed by atoms with Crippen molar-refractivity contribution in [1.29, 1.82) is 0 Å². The first kappa shape index (κ1) is 8.34. The molecule has 0 aliphatic carbocycles. The fourth-order valence-corrected chi connectivity index (χ4v) is 0.927. The van der Waals surface area contributed by atoms with Gasteiger partial charge in [-0.1, -0.05) is 0 Å². The van der Waals surface area contributed by atoms with Gasteiger partial charge in [-0.25, -0.2) is 4.98 Å². The van der Waals surface area contributed by atoms with E-state index in [1.165, 1.54) is 0 Å². The second kappa shape index (κ2) is 4.19. The quantitative estimate of drug-likeness (QED) is 0.651. The van der Waals surface area contributed by atoms with Crippen LogP contribution in [0.4, 0.5) is 0 Å². The summed E-state index contributed by atoms with van der Waals surface area (Å²) in [5.41, 5.74) is 1.03. The number of halogens is 1. The third kappa shape index (κ3) is 2.39. The van der Waals surface area contributed by atoms with Crippen molar-refractivity contribution >= 4 is 11.6 Å². The van der Waals surface area contributed by atoms with Crippen LogP contribution < -0.4 is 4.74 Å². The first-order chi connectivity index (χ1) is 5.36. The summed E-state index contributed by atoms with van der Waals surface area (Å²) in [6.45, 7) is 2.56. The summed E-state index contributed by atoms with van der Waals surface area (Å²) in [6.07, 6.45) is 1.70. The van der Waals surface area contributed by atoms with E-state index in [1.54, 1.807) is 6.20 Å². The monoisotopic (exact) mass is 171 g/mol. The fraction of sp³-hybridized carbons (Fsp3) is 0.375. The molecule has 0 fully saturated rings. The van der Waals surface area contributed by atoms with Crippen LogP contribution in [0.1, 0.15) is 12.5 Å². The van der Waals surface area contributed by atoms with Gasteiger partial charge in [-0.3, -0.25) is 0 Å². The van der Waals surface area contributed by atoms with Gasteiger partial charge in [0.15, 0.2) is 0 Å². The first-order valence-corrected chi connectivity index (χ1v) is 4.04. The lowest BCUT2D eigenvalue weighted by Crippen LogP contribution is -1.94. The number of aromatic nitrogens is 1. The van der Waals surface area contributed by atoms with Gasteiger partial charge in [-0.2, -0.15) is 0 Å². The van der Waals surface area contributed by atoms with Gasteiger partial charge in [0.25, 0.3) is 0 Å². The largest absolute Gasteiger partial charge is 0.478 e. The number of ether oxygens (including phenoxy) is 1. The average molecular weight is 172 g/mol. The minimum absolute atomic E-state index is 0.503. The molecular weight excluding hydrogens is 162 g/mol. The summed E-state index contributed by atoms with van der Waals surface area (Å²) in [7, 11) is 0. The second-order valence-corrected chi connectivity index (χ2v) is 2.34. The van der Waals surface area contributed by atoms with Gasteiger partial charge in [0.2, 0.25) is 5.88 Å². The molecule has 3 heteroatoms. The maximum atomic E-state index is 5.62. The van der Waals surface area contributed by atoms with E-state index >= 15 is 0 Å². The predicted molar refractivity (Wildman–Crippen MR) is 45.0 cm³/mol. The Balaban J connectivity index is 2.74. The van der Waals surface area contributed by atoms with Gasteiger partial charge in [0, 0.05) is 18.1 Å². The van der Waals surface area contributed by atoms with Crippen molar-refractivity contribution in [3.8, 4) is 5.88 Å². The van der Waals surface area contributed by atoms with Gasteiger partial charge >= 0.3 is 0 Å². The maximum Gasteiger partial charge on any atom is 0.213 e. The lowest BCUT2D eigenvalue weighted by atomic mass is 10.3. The highest BCUT2D eigenvalue weighted by atomic mass is 35.5. The molecule has 0 aliphatic rings. The summed E-state index contributed by atoms with van der Waals surface area (Å²) in [4.78, 5) is 4.00. The van der Waals surface area contributed by atoms with E-state index in [1.807, 2.05) is 19.1 Å². The zero-order valence-corrected chi connectivity index (χ0v) is 7.14. The van der Waals surface area contributed by atoms with Gasteiger partial charge in [0.1, 0.15) is 0 Å². The fourth-order valence-electron chi connectivity index (χ4n) is 0.760. The van der Waals surface area contributed by atoms with Gasteiger partial charge < -0.3 is 4.74 Å². The molecule has 0 N–H and O–H groups in total. The number of hydrogen-bond donors (Lipinski definition) is 0. The molecule has 0 saturated heterocycles. The van der Waals surface area contributed by atoms with Crippen LogP contribution >= 0.6 is 11.6 Å². The lowest BCUT2D eigenvalue weighted by molar-refractivity contribution is 0.326. The summed E-state index contributed by atoms with van der Waals surface area (Å²) < 4.78 is 5.18. The molecule has 0 radical (unpaired) electrons. The van der Waals surface area contributed by atoms with Gasteiger partial charge in [-0.05, 0) is 18.6 Å². The Hall–Kier alpha value is -0.760. The van der Waals surface area contributed by atoms with Crippen molar-refractivity contribution in [2.45, 2.75) is 12.8 Å². The normalized spacial score (nSPS) is 9.64. The number of rotatable bonds is 3. The molecule has 11 heavy (non-hydrogen) atoms. The Bertz CT molecular complexity index is 227. The van der Waals surface area contributed by atoms with E-state index in [0.29, 0.717) is 18.4 Å². The molecule has 0 unspecified atom stereocenters. The van der Waals surface area contributed by atoms with E-state index in [-0.39, 0.29) is 0 Å². The van der Waals surface area contributed by atoms with Crippen LogP contribution in [0.3, 0.4) is 0 Å². The van der Waals surface area contributed by atoms with E-state index in [0.717, 1.165) is 5.56 Å². The molecular formula is C8H10ClNO. The molecule has 0 bridgehead atoms. The Labute approximate surface area is 71.2 Å². The summed E-state index contributed by atoms with van der Waals surface area (Å²) >= 11 is 5.62. The SMILES string of the molecule is CCOc1cc(CCl)ccn1. The molecule has 60 valence electrons. The highest BCUT2D eigenvalue weighted by Crippen LogP contribution is 2.10. The van der Waals surface area contributed by atoms with Crippen molar-refractivity contribution in [3.63, 3.8) is 0 Å². The van der Waals surface area contributed by atoms with Crippen molar-refractivity contribution < 1.29 is 4.74 Å². The molecule has 0 aliphatic heterocycles. The van der Waals surface area contributed by atoms with E-state index in [9.17, 15) is 0 Å². The van der Waals surface area contributed by atoms with E-state index in [4.69, 9.17) is 16.3 Å². The number of alkyl halides is 1. The Kier molecular flexibility index (Phi) is 3.17. The minimum atomic E-state index is 0.503. The van der Waals surface area contributed by atoms with Crippen LogP contribution in [0.25, 0.3) is 0 Å². The average Bonchev–Trinajstić information content (AvgIpc) is 2.06. The lowest BCUT2D eigenvalue weighted by Gasteiger charge is -2.01. The standard InChI is InChI=1S/C8H10ClNO/c1-2-11-8-5-7(6-9)3-4-10-8/h3-5H,2,6H2,1H3. The molecule has 0 aromatic carbocycles. The summed E-state index contributed by atoms with van der Waals surface area (Å²) in [6, 6.07) is 3.71. The van der Waals surface area contributed by atoms with Crippen molar-refractivity contribution in [2.24, 2.45) is 0 Å². The summed E-state index contributed by atoms with van der Waals surface area (Å²) in [5.74, 6) is 1.15. The predicted octanol–water partition coefficient (Wildman–Crippen LogP) is 2.22. The van der Waals surface area contributed by atoms with E-state index in [2.05, 4.69) is 4.98 Å². The third-order valence-electron chi connectivity index (χ3n) is 1.25. The minimum Gasteiger partial charge on any atom is -0.478 e. The van der Waals surface area contributed by atoms with Crippen molar-refractivity contribution in [2.75, 3.05) is 6.61 Å². The molecule has 0 saturated carbocycles. The number of pyridine rings is 1. The van der Waals surface area contributed by atoms with Gasteiger partial charge in [0.05, 0.1) is 6.61 Å². The van der Waals surface area contributed by atoms with Crippen molar-refractivity contribution in [1.82, 2.24) is 4.98 Å². The Morgan fingerprint density at radius 1 is 1.64 bits per heavy atom. The third-order valence-corrected chi connectivity index (χ3v) is 1.55. The molecule has 0 amide bonds. The molecule has 0 atom stereocenters. The highest BCUT2D eigenvalue weighted by Gasteiger charge is 1.94. The zero-order valence-electron chi connectivity index (χ0n) is 6.38. The molecule has 1 heterocycles. The molecule has 2 nitrogen and oxygen atoms in total.